The number of rotatable bonds is 8. The largest absolute Gasteiger partial charge is 0.478 e. The zero-order valence-corrected chi connectivity index (χ0v) is 13.4. The first kappa shape index (κ1) is 17.7. The lowest BCUT2D eigenvalue weighted by Gasteiger charge is -2.09. The summed E-state index contributed by atoms with van der Waals surface area (Å²) >= 11 is 5.99. The molecule has 8 heteroatoms. The lowest BCUT2D eigenvalue weighted by Crippen LogP contribution is -2.21. The van der Waals surface area contributed by atoms with Crippen LogP contribution in [0.1, 0.15) is 15.9 Å². The van der Waals surface area contributed by atoms with Crippen LogP contribution in [0.2, 0.25) is 5.02 Å². The Morgan fingerprint density at radius 2 is 1.88 bits per heavy atom. The highest BCUT2D eigenvalue weighted by Crippen LogP contribution is 2.26. The second-order valence-corrected chi connectivity index (χ2v) is 5.43. The van der Waals surface area contributed by atoms with E-state index in [0.29, 0.717) is 30.3 Å². The molecule has 24 heavy (non-hydrogen) atoms. The fraction of sp³-hybridized carbons (Fsp3) is 0.188. The molecule has 0 fully saturated rings. The van der Waals surface area contributed by atoms with Gasteiger partial charge in [0.1, 0.15) is 0 Å². The van der Waals surface area contributed by atoms with Gasteiger partial charge < -0.3 is 15.7 Å². The third-order valence-electron chi connectivity index (χ3n) is 3.31. The van der Waals surface area contributed by atoms with Gasteiger partial charge >= 0.3 is 5.97 Å². The van der Waals surface area contributed by atoms with Crippen molar-refractivity contribution in [1.82, 2.24) is 5.32 Å². The van der Waals surface area contributed by atoms with Crippen LogP contribution in [0.4, 0.5) is 11.4 Å². The molecule has 3 N–H and O–H groups in total. The standard InChI is InChI=1S/C16H16ClN3O4/c17-14-9-13(20(23)24)5-6-15(14)19-8-7-18-10-11-1-3-12(4-2-11)16(21)22/h1-6,9,18-19H,7-8,10H2,(H,21,22). The molecule has 0 radical (unpaired) electrons. The van der Waals surface area contributed by atoms with Gasteiger partial charge in [-0.25, -0.2) is 4.79 Å². The van der Waals surface area contributed by atoms with Gasteiger partial charge in [0.15, 0.2) is 0 Å². The van der Waals surface area contributed by atoms with Crippen LogP contribution in [0, 0.1) is 10.1 Å². The molecule has 0 amide bonds. The number of carbonyl (C=O) groups is 1. The van der Waals surface area contributed by atoms with E-state index in [1.165, 1.54) is 12.1 Å². The van der Waals surface area contributed by atoms with Crippen LogP contribution in [0.5, 0.6) is 0 Å². The highest BCUT2D eigenvalue weighted by molar-refractivity contribution is 6.33. The van der Waals surface area contributed by atoms with E-state index >= 15 is 0 Å². The van der Waals surface area contributed by atoms with E-state index in [-0.39, 0.29) is 11.3 Å². The first-order chi connectivity index (χ1) is 11.5. The van der Waals surface area contributed by atoms with E-state index in [1.54, 1.807) is 30.3 Å². The normalized spacial score (nSPS) is 10.4. The number of nitrogens with one attached hydrogen (secondary N) is 2. The molecule has 2 rings (SSSR count). The molecule has 0 aliphatic carbocycles. The van der Waals surface area contributed by atoms with Crippen molar-refractivity contribution in [2.24, 2.45) is 0 Å². The number of nitro groups is 1. The number of benzene rings is 2. The van der Waals surface area contributed by atoms with Crippen molar-refractivity contribution in [3.63, 3.8) is 0 Å². The molecule has 2 aromatic carbocycles. The summed E-state index contributed by atoms with van der Waals surface area (Å²) in [6.07, 6.45) is 0. The number of hydrogen-bond donors (Lipinski definition) is 3. The highest BCUT2D eigenvalue weighted by Gasteiger charge is 2.08. The molecule has 2 aromatic rings. The Bertz CT molecular complexity index is 735. The second kappa shape index (κ2) is 8.28. The highest BCUT2D eigenvalue weighted by atomic mass is 35.5. The van der Waals surface area contributed by atoms with Crippen molar-refractivity contribution in [2.45, 2.75) is 6.54 Å². The first-order valence-electron chi connectivity index (χ1n) is 7.18. The van der Waals surface area contributed by atoms with Gasteiger partial charge in [-0.15, -0.1) is 0 Å². The molecule has 0 spiro atoms. The maximum Gasteiger partial charge on any atom is 0.335 e. The van der Waals surface area contributed by atoms with Crippen LogP contribution in [0.3, 0.4) is 0 Å². The molecule has 0 atom stereocenters. The summed E-state index contributed by atoms with van der Waals surface area (Å²) in [4.78, 5) is 20.9. The van der Waals surface area contributed by atoms with Crippen LogP contribution < -0.4 is 10.6 Å². The van der Waals surface area contributed by atoms with E-state index in [0.717, 1.165) is 5.56 Å². The molecule has 0 unspecified atom stereocenters. The zero-order chi connectivity index (χ0) is 17.5. The minimum absolute atomic E-state index is 0.0477. The average molecular weight is 350 g/mol. The number of nitro benzene ring substituents is 1. The van der Waals surface area contributed by atoms with Gasteiger partial charge in [-0.1, -0.05) is 23.7 Å². The van der Waals surface area contributed by atoms with Crippen LogP contribution in [0.15, 0.2) is 42.5 Å². The minimum atomic E-state index is -0.946. The van der Waals surface area contributed by atoms with Gasteiger partial charge in [0.2, 0.25) is 0 Å². The monoisotopic (exact) mass is 349 g/mol. The van der Waals surface area contributed by atoms with Crippen molar-refractivity contribution in [1.29, 1.82) is 0 Å². The quantitative estimate of drug-likeness (QED) is 0.384. The third kappa shape index (κ3) is 4.94. The van der Waals surface area contributed by atoms with Crippen molar-refractivity contribution >= 4 is 28.9 Å². The smallest absolute Gasteiger partial charge is 0.335 e. The molecule has 126 valence electrons. The SMILES string of the molecule is O=C(O)c1ccc(CNCCNc2ccc([N+](=O)[O-])cc2Cl)cc1. The molecule has 0 saturated carbocycles. The number of aromatic carboxylic acids is 1. The van der Waals surface area contributed by atoms with Gasteiger partial charge in [-0.3, -0.25) is 10.1 Å². The maximum absolute atomic E-state index is 10.8. The van der Waals surface area contributed by atoms with Crippen LogP contribution in [0.25, 0.3) is 0 Å². The summed E-state index contributed by atoms with van der Waals surface area (Å²) < 4.78 is 0. The fourth-order valence-electron chi connectivity index (χ4n) is 2.04. The Balaban J connectivity index is 1.75. The van der Waals surface area contributed by atoms with Crippen molar-refractivity contribution in [3.8, 4) is 0 Å². The number of carboxylic acid groups (broad SMARTS) is 1. The summed E-state index contributed by atoms with van der Waals surface area (Å²) in [5.74, 6) is -0.946. The molecule has 0 aliphatic heterocycles. The number of halogens is 1. The van der Waals surface area contributed by atoms with Crippen molar-refractivity contribution in [3.05, 3.63) is 68.7 Å². The predicted octanol–water partition coefficient (Wildman–Crippen LogP) is 3.15. The summed E-state index contributed by atoms with van der Waals surface area (Å²) in [6, 6.07) is 10.9. The zero-order valence-electron chi connectivity index (χ0n) is 12.7. The van der Waals surface area contributed by atoms with Gasteiger partial charge in [0.05, 0.1) is 21.2 Å². The number of non-ortho nitro benzene ring substituents is 1. The Morgan fingerprint density at radius 3 is 2.46 bits per heavy atom. The van der Waals surface area contributed by atoms with Gasteiger partial charge in [-0.05, 0) is 23.8 Å². The van der Waals surface area contributed by atoms with Crippen LogP contribution in [-0.2, 0) is 6.54 Å². The molecule has 0 heterocycles. The first-order valence-corrected chi connectivity index (χ1v) is 7.56. The Morgan fingerprint density at radius 1 is 1.17 bits per heavy atom. The molecule has 7 nitrogen and oxygen atoms in total. The van der Waals surface area contributed by atoms with Gasteiger partial charge in [0, 0.05) is 31.8 Å². The molecular weight excluding hydrogens is 334 g/mol. The van der Waals surface area contributed by atoms with E-state index < -0.39 is 10.9 Å². The van der Waals surface area contributed by atoms with Crippen LogP contribution >= 0.6 is 11.6 Å². The molecule has 0 aliphatic rings. The number of hydrogen-bond acceptors (Lipinski definition) is 5. The summed E-state index contributed by atoms with van der Waals surface area (Å²) in [6.45, 7) is 1.84. The number of carboxylic acids is 1. The van der Waals surface area contributed by atoms with E-state index in [9.17, 15) is 14.9 Å². The number of nitrogens with zero attached hydrogens (tertiary/aromatic N) is 1. The van der Waals surface area contributed by atoms with E-state index in [4.69, 9.17) is 16.7 Å². The topological polar surface area (TPSA) is 104 Å². The molecule has 0 saturated heterocycles. The minimum Gasteiger partial charge on any atom is -0.478 e. The molecule has 0 bridgehead atoms. The summed E-state index contributed by atoms with van der Waals surface area (Å²) in [5, 5.41) is 26.1. The van der Waals surface area contributed by atoms with Crippen molar-refractivity contribution < 1.29 is 14.8 Å². The maximum atomic E-state index is 10.8. The predicted molar refractivity (Wildman–Crippen MR) is 91.7 cm³/mol. The van der Waals surface area contributed by atoms with Gasteiger partial charge in [-0.2, -0.15) is 0 Å². The number of anilines is 1. The summed E-state index contributed by atoms with van der Waals surface area (Å²) in [7, 11) is 0. The lowest BCUT2D eigenvalue weighted by molar-refractivity contribution is -0.384. The fourth-order valence-corrected chi connectivity index (χ4v) is 2.29. The van der Waals surface area contributed by atoms with E-state index in [2.05, 4.69) is 10.6 Å². The van der Waals surface area contributed by atoms with E-state index in [1.807, 2.05) is 0 Å². The molecule has 0 aromatic heterocycles. The second-order valence-electron chi connectivity index (χ2n) is 5.03. The van der Waals surface area contributed by atoms with Crippen LogP contribution in [-0.4, -0.2) is 29.1 Å². The van der Waals surface area contributed by atoms with Gasteiger partial charge in [0.25, 0.3) is 5.69 Å². The lowest BCUT2D eigenvalue weighted by atomic mass is 10.1. The Kier molecular flexibility index (Phi) is 6.11. The Labute approximate surface area is 143 Å². The Hall–Kier alpha value is -2.64. The average Bonchev–Trinajstić information content (AvgIpc) is 2.56. The molecular formula is C16H16ClN3O4. The third-order valence-corrected chi connectivity index (χ3v) is 3.62. The van der Waals surface area contributed by atoms with Crippen molar-refractivity contribution in [2.75, 3.05) is 18.4 Å². The summed E-state index contributed by atoms with van der Waals surface area (Å²) in [5.41, 5.74) is 1.82.